The summed E-state index contributed by atoms with van der Waals surface area (Å²) in [4.78, 5) is 11.5. The van der Waals surface area contributed by atoms with Crippen molar-refractivity contribution in [1.29, 1.82) is 0 Å². The maximum atomic E-state index is 11.5. The predicted octanol–water partition coefficient (Wildman–Crippen LogP) is 2.52. The molecule has 0 aliphatic heterocycles. The molecule has 0 atom stereocenters. The Kier molecular flexibility index (Phi) is 2.17. The van der Waals surface area contributed by atoms with Crippen molar-refractivity contribution in [2.24, 2.45) is 5.92 Å². The van der Waals surface area contributed by atoms with Gasteiger partial charge in [-0.05, 0) is 25.3 Å². The van der Waals surface area contributed by atoms with Crippen LogP contribution < -0.4 is 0 Å². The van der Waals surface area contributed by atoms with Crippen LogP contribution >= 0.6 is 0 Å². The number of benzene rings is 1. The molecule has 1 aliphatic carbocycles. The van der Waals surface area contributed by atoms with Crippen molar-refractivity contribution < 1.29 is 4.79 Å². The molecule has 1 nitrogen and oxygen atoms in total. The van der Waals surface area contributed by atoms with Crippen molar-refractivity contribution in [3.05, 3.63) is 35.4 Å². The average Bonchev–Trinajstić information content (AvgIpc) is 2.85. The van der Waals surface area contributed by atoms with Gasteiger partial charge in [-0.3, -0.25) is 4.79 Å². The van der Waals surface area contributed by atoms with E-state index >= 15 is 0 Å². The van der Waals surface area contributed by atoms with Crippen LogP contribution in [0.5, 0.6) is 0 Å². The van der Waals surface area contributed by atoms with Crippen LogP contribution in [0.4, 0.5) is 0 Å². The van der Waals surface area contributed by atoms with E-state index in [0.29, 0.717) is 18.1 Å². The molecule has 0 radical (unpaired) electrons. The Labute approximate surface area is 78.8 Å². The summed E-state index contributed by atoms with van der Waals surface area (Å²) in [5, 5.41) is 0. The molecule has 1 aromatic carbocycles. The zero-order chi connectivity index (χ0) is 9.26. The number of carbonyl (C=O) groups excluding carboxylic acids is 1. The lowest BCUT2D eigenvalue weighted by Gasteiger charge is -2.00. The van der Waals surface area contributed by atoms with Gasteiger partial charge in [-0.2, -0.15) is 0 Å². The molecule has 1 saturated carbocycles. The summed E-state index contributed by atoms with van der Waals surface area (Å²) in [5.74, 6) is 0.811. The summed E-state index contributed by atoms with van der Waals surface area (Å²) in [6.45, 7) is 2.06. The summed E-state index contributed by atoms with van der Waals surface area (Å²) >= 11 is 0. The number of aryl methyl sites for hydroxylation is 1. The lowest BCUT2D eigenvalue weighted by Crippen LogP contribution is -2.04. The van der Waals surface area contributed by atoms with E-state index in [1.807, 2.05) is 12.1 Å². The third-order valence-corrected chi connectivity index (χ3v) is 2.49. The van der Waals surface area contributed by atoms with Crippen LogP contribution in [-0.4, -0.2) is 5.78 Å². The van der Waals surface area contributed by atoms with Crippen LogP contribution in [0, 0.1) is 12.8 Å². The molecule has 2 rings (SSSR count). The molecule has 13 heavy (non-hydrogen) atoms. The SMILES string of the molecule is Cc1cccc(CC(=O)C2CC2)c1. The molecule has 0 amide bonds. The van der Waals surface area contributed by atoms with E-state index in [1.54, 1.807) is 0 Å². The van der Waals surface area contributed by atoms with Crippen molar-refractivity contribution in [2.45, 2.75) is 26.2 Å². The normalized spacial score (nSPS) is 15.8. The van der Waals surface area contributed by atoms with Gasteiger partial charge in [0.2, 0.25) is 0 Å². The van der Waals surface area contributed by atoms with Crippen LogP contribution in [0.3, 0.4) is 0 Å². The summed E-state index contributed by atoms with van der Waals surface area (Å²) in [6.07, 6.45) is 2.86. The van der Waals surface area contributed by atoms with E-state index in [-0.39, 0.29) is 0 Å². The lowest BCUT2D eigenvalue weighted by molar-refractivity contribution is -0.119. The van der Waals surface area contributed by atoms with Gasteiger partial charge in [-0.25, -0.2) is 0 Å². The Morgan fingerprint density at radius 3 is 2.85 bits per heavy atom. The van der Waals surface area contributed by atoms with Gasteiger partial charge in [-0.1, -0.05) is 29.8 Å². The Hall–Kier alpha value is -1.11. The highest BCUT2D eigenvalue weighted by atomic mass is 16.1. The maximum absolute atomic E-state index is 11.5. The summed E-state index contributed by atoms with van der Waals surface area (Å²) < 4.78 is 0. The quantitative estimate of drug-likeness (QED) is 0.688. The van der Waals surface area contributed by atoms with Crippen molar-refractivity contribution in [2.75, 3.05) is 0 Å². The highest BCUT2D eigenvalue weighted by molar-refractivity contribution is 5.85. The van der Waals surface area contributed by atoms with Gasteiger partial charge in [0, 0.05) is 12.3 Å². The van der Waals surface area contributed by atoms with Crippen molar-refractivity contribution >= 4 is 5.78 Å². The Bertz CT molecular complexity index is 324. The van der Waals surface area contributed by atoms with E-state index in [4.69, 9.17) is 0 Å². The van der Waals surface area contributed by atoms with Crippen LogP contribution in [-0.2, 0) is 11.2 Å². The number of hydrogen-bond donors (Lipinski definition) is 0. The molecule has 0 N–H and O–H groups in total. The van der Waals surface area contributed by atoms with Gasteiger partial charge in [0.05, 0.1) is 0 Å². The third kappa shape index (κ3) is 2.18. The lowest BCUT2D eigenvalue weighted by atomic mass is 10.0. The fourth-order valence-corrected chi connectivity index (χ4v) is 1.57. The van der Waals surface area contributed by atoms with Gasteiger partial charge >= 0.3 is 0 Å². The van der Waals surface area contributed by atoms with Crippen molar-refractivity contribution in [3.8, 4) is 0 Å². The Morgan fingerprint density at radius 2 is 2.23 bits per heavy atom. The van der Waals surface area contributed by atoms with Gasteiger partial charge in [0.25, 0.3) is 0 Å². The molecule has 68 valence electrons. The maximum Gasteiger partial charge on any atom is 0.140 e. The summed E-state index contributed by atoms with van der Waals surface area (Å²) in [5.41, 5.74) is 2.40. The molecule has 0 heterocycles. The molecular weight excluding hydrogens is 160 g/mol. The fourth-order valence-electron chi connectivity index (χ4n) is 1.57. The molecule has 0 aromatic heterocycles. The first-order valence-corrected chi connectivity index (χ1v) is 4.84. The topological polar surface area (TPSA) is 17.1 Å². The van der Waals surface area contributed by atoms with E-state index in [1.165, 1.54) is 5.56 Å². The van der Waals surface area contributed by atoms with Crippen LogP contribution in [0.2, 0.25) is 0 Å². The molecule has 1 aromatic rings. The predicted molar refractivity (Wildman–Crippen MR) is 52.6 cm³/mol. The highest BCUT2D eigenvalue weighted by Crippen LogP contribution is 2.30. The number of Topliss-reactive ketones (excluding diaryl/α,β-unsaturated/α-hetero) is 1. The van der Waals surface area contributed by atoms with Gasteiger partial charge in [0.1, 0.15) is 5.78 Å². The monoisotopic (exact) mass is 174 g/mol. The number of hydrogen-bond acceptors (Lipinski definition) is 1. The summed E-state index contributed by atoms with van der Waals surface area (Å²) in [7, 11) is 0. The van der Waals surface area contributed by atoms with Crippen LogP contribution in [0.25, 0.3) is 0 Å². The Morgan fingerprint density at radius 1 is 1.46 bits per heavy atom. The van der Waals surface area contributed by atoms with E-state index in [2.05, 4.69) is 19.1 Å². The molecule has 0 spiro atoms. The molecule has 1 heteroatoms. The first kappa shape index (κ1) is 8.49. The van der Waals surface area contributed by atoms with E-state index in [9.17, 15) is 4.79 Å². The third-order valence-electron chi connectivity index (χ3n) is 2.49. The first-order valence-electron chi connectivity index (χ1n) is 4.84. The molecule has 0 unspecified atom stereocenters. The minimum Gasteiger partial charge on any atom is -0.299 e. The van der Waals surface area contributed by atoms with E-state index in [0.717, 1.165) is 18.4 Å². The second-order valence-electron chi connectivity index (χ2n) is 3.91. The van der Waals surface area contributed by atoms with Gasteiger partial charge in [-0.15, -0.1) is 0 Å². The average molecular weight is 174 g/mol. The Balaban J connectivity index is 2.04. The number of carbonyl (C=O) groups is 1. The second-order valence-corrected chi connectivity index (χ2v) is 3.91. The highest BCUT2D eigenvalue weighted by Gasteiger charge is 2.28. The zero-order valence-electron chi connectivity index (χ0n) is 7.92. The molecule has 0 bridgehead atoms. The minimum absolute atomic E-state index is 0.389. The van der Waals surface area contributed by atoms with Crippen molar-refractivity contribution in [1.82, 2.24) is 0 Å². The van der Waals surface area contributed by atoms with Gasteiger partial charge in [0.15, 0.2) is 0 Å². The number of rotatable bonds is 3. The molecular formula is C12H14O. The standard InChI is InChI=1S/C12H14O/c1-9-3-2-4-10(7-9)8-12(13)11-5-6-11/h2-4,7,11H,5-6,8H2,1H3. The second kappa shape index (κ2) is 3.33. The number of ketones is 1. The van der Waals surface area contributed by atoms with Gasteiger partial charge < -0.3 is 0 Å². The smallest absolute Gasteiger partial charge is 0.140 e. The first-order chi connectivity index (χ1) is 6.25. The summed E-state index contributed by atoms with van der Waals surface area (Å²) in [6, 6.07) is 8.21. The minimum atomic E-state index is 0.389. The molecule has 0 saturated heterocycles. The van der Waals surface area contributed by atoms with Crippen LogP contribution in [0.1, 0.15) is 24.0 Å². The van der Waals surface area contributed by atoms with Crippen molar-refractivity contribution in [3.63, 3.8) is 0 Å². The van der Waals surface area contributed by atoms with E-state index < -0.39 is 0 Å². The molecule has 1 fully saturated rings. The fraction of sp³-hybridized carbons (Fsp3) is 0.417. The molecule has 1 aliphatic rings. The van der Waals surface area contributed by atoms with Crippen LogP contribution in [0.15, 0.2) is 24.3 Å². The largest absolute Gasteiger partial charge is 0.299 e. The zero-order valence-corrected chi connectivity index (χ0v) is 7.92.